The molecular weight excluding hydrogens is 476 g/mol. The third-order valence-electron chi connectivity index (χ3n) is 7.61. The number of piperidine rings is 1. The van der Waals surface area contributed by atoms with Gasteiger partial charge in [0.2, 0.25) is 0 Å². The number of nitrogens with zero attached hydrogens (tertiary/aromatic N) is 4. The molecule has 1 aliphatic heterocycles. The highest BCUT2D eigenvalue weighted by Crippen LogP contribution is 2.26. The second-order valence-corrected chi connectivity index (χ2v) is 10.2. The minimum absolute atomic E-state index is 0.00188. The number of carbonyl (C=O) groups is 1. The lowest BCUT2D eigenvalue weighted by atomic mass is 10.0. The van der Waals surface area contributed by atoms with E-state index >= 15 is 0 Å². The number of hydrogen-bond donors (Lipinski definition) is 0. The molecule has 1 atom stereocenters. The molecule has 1 aromatic heterocycles. The monoisotopic (exact) mass is 512 g/mol. The number of fused-ring (bicyclic) bond motifs is 1. The summed E-state index contributed by atoms with van der Waals surface area (Å²) in [6.07, 6.45) is 1.18. The van der Waals surface area contributed by atoms with E-state index in [1.165, 1.54) is 11.1 Å². The Morgan fingerprint density at radius 1 is 0.868 bits per heavy atom. The Balaban J connectivity index is 1.18. The summed E-state index contributed by atoms with van der Waals surface area (Å²) in [5, 5.41) is 0. The normalized spacial score (nSPS) is 15.2. The first kappa shape index (κ1) is 25.8. The molecule has 0 spiro atoms. The Morgan fingerprint density at radius 2 is 1.39 bits per heavy atom. The number of hydrogen-bond acceptors (Lipinski definition) is 4. The van der Waals surface area contributed by atoms with Crippen molar-refractivity contribution >= 4 is 17.1 Å². The number of para-hydroxylation sites is 2. The number of benzene rings is 3. The van der Waals surface area contributed by atoms with E-state index in [9.17, 15) is 9.59 Å². The van der Waals surface area contributed by atoms with Crippen LogP contribution in [0.4, 0.5) is 4.79 Å². The Morgan fingerprint density at radius 3 is 1.97 bits per heavy atom. The van der Waals surface area contributed by atoms with Gasteiger partial charge in [0.05, 0.1) is 11.0 Å². The molecule has 7 nitrogen and oxygen atoms in total. The smallest absolute Gasteiger partial charge is 0.409 e. The van der Waals surface area contributed by atoms with Gasteiger partial charge in [-0.25, -0.2) is 9.59 Å². The third-order valence-corrected chi connectivity index (χ3v) is 7.61. The van der Waals surface area contributed by atoms with Crippen molar-refractivity contribution in [2.24, 2.45) is 7.05 Å². The van der Waals surface area contributed by atoms with Gasteiger partial charge < -0.3 is 9.64 Å². The van der Waals surface area contributed by atoms with Crippen LogP contribution in [-0.4, -0.2) is 50.8 Å². The van der Waals surface area contributed by atoms with E-state index in [-0.39, 0.29) is 23.9 Å². The molecule has 0 unspecified atom stereocenters. The van der Waals surface area contributed by atoms with E-state index in [4.69, 9.17) is 4.74 Å². The molecule has 0 radical (unpaired) electrons. The van der Waals surface area contributed by atoms with Crippen molar-refractivity contribution in [2.45, 2.75) is 44.9 Å². The molecule has 1 fully saturated rings. The second-order valence-electron chi connectivity index (χ2n) is 10.2. The van der Waals surface area contributed by atoms with E-state index < -0.39 is 0 Å². The molecule has 0 aliphatic carbocycles. The molecule has 2 heterocycles. The summed E-state index contributed by atoms with van der Waals surface area (Å²) >= 11 is 0. The summed E-state index contributed by atoms with van der Waals surface area (Å²) in [6.45, 7) is 5.13. The van der Waals surface area contributed by atoms with Crippen LogP contribution >= 0.6 is 0 Å². The Labute approximate surface area is 223 Å². The van der Waals surface area contributed by atoms with Crippen molar-refractivity contribution in [3.63, 3.8) is 0 Å². The molecule has 0 saturated carbocycles. The van der Waals surface area contributed by atoms with Crippen LogP contribution in [0.5, 0.6) is 0 Å². The summed E-state index contributed by atoms with van der Waals surface area (Å²) in [5.74, 6) is 0. The number of aromatic nitrogens is 2. The lowest BCUT2D eigenvalue weighted by Gasteiger charge is -2.33. The van der Waals surface area contributed by atoms with Gasteiger partial charge in [-0.1, -0.05) is 72.8 Å². The fourth-order valence-electron chi connectivity index (χ4n) is 5.37. The van der Waals surface area contributed by atoms with Crippen LogP contribution in [0, 0.1) is 0 Å². The van der Waals surface area contributed by atoms with Crippen LogP contribution in [0.1, 0.15) is 36.9 Å². The second kappa shape index (κ2) is 11.7. The van der Waals surface area contributed by atoms with E-state index in [1.54, 1.807) is 9.47 Å². The van der Waals surface area contributed by atoms with Crippen LogP contribution in [0.15, 0.2) is 89.7 Å². The molecule has 198 valence electrons. The highest BCUT2D eigenvalue weighted by Gasteiger charge is 2.28. The molecular formula is C31H36N4O3. The van der Waals surface area contributed by atoms with E-state index in [2.05, 4.69) is 60.4 Å². The molecule has 1 saturated heterocycles. The third kappa shape index (κ3) is 5.68. The van der Waals surface area contributed by atoms with Gasteiger partial charge in [0.25, 0.3) is 0 Å². The molecule has 38 heavy (non-hydrogen) atoms. The van der Waals surface area contributed by atoms with Gasteiger partial charge in [0.15, 0.2) is 0 Å². The number of rotatable bonds is 8. The topological polar surface area (TPSA) is 59.7 Å². The van der Waals surface area contributed by atoms with Crippen molar-refractivity contribution in [3.8, 4) is 0 Å². The van der Waals surface area contributed by atoms with Gasteiger partial charge >= 0.3 is 11.8 Å². The van der Waals surface area contributed by atoms with Crippen molar-refractivity contribution in [1.82, 2.24) is 18.9 Å². The van der Waals surface area contributed by atoms with Gasteiger partial charge in [0, 0.05) is 45.3 Å². The van der Waals surface area contributed by atoms with E-state index in [0.717, 1.165) is 37.0 Å². The lowest BCUT2D eigenvalue weighted by Crippen LogP contribution is -2.43. The molecule has 1 amide bonds. The number of aryl methyl sites for hydroxylation is 1. The summed E-state index contributed by atoms with van der Waals surface area (Å²) < 4.78 is 9.41. The molecule has 5 rings (SSSR count). The largest absolute Gasteiger partial charge is 0.448 e. The van der Waals surface area contributed by atoms with Crippen molar-refractivity contribution < 1.29 is 9.53 Å². The summed E-state index contributed by atoms with van der Waals surface area (Å²) in [6, 6.07) is 28.8. The van der Waals surface area contributed by atoms with E-state index in [0.29, 0.717) is 19.7 Å². The zero-order valence-corrected chi connectivity index (χ0v) is 22.2. The number of carbonyl (C=O) groups excluding carboxylic acids is 1. The minimum Gasteiger partial charge on any atom is -0.448 e. The van der Waals surface area contributed by atoms with Gasteiger partial charge in [-0.3, -0.25) is 14.0 Å². The quantitative estimate of drug-likeness (QED) is 0.325. The van der Waals surface area contributed by atoms with Crippen LogP contribution in [-0.2, 0) is 24.9 Å². The molecule has 3 aromatic carbocycles. The molecule has 4 aromatic rings. The van der Waals surface area contributed by atoms with Crippen LogP contribution in [0.3, 0.4) is 0 Å². The van der Waals surface area contributed by atoms with Gasteiger partial charge in [0.1, 0.15) is 6.61 Å². The van der Waals surface area contributed by atoms with Crippen LogP contribution in [0.25, 0.3) is 11.0 Å². The van der Waals surface area contributed by atoms with Gasteiger partial charge in [-0.05, 0) is 43.0 Å². The summed E-state index contributed by atoms with van der Waals surface area (Å²) in [5.41, 5.74) is 4.34. The van der Waals surface area contributed by atoms with Gasteiger partial charge in [-0.2, -0.15) is 0 Å². The maximum absolute atomic E-state index is 13.0. The van der Waals surface area contributed by atoms with Gasteiger partial charge in [-0.15, -0.1) is 0 Å². The summed E-state index contributed by atoms with van der Waals surface area (Å²) in [4.78, 5) is 30.0. The number of likely N-dealkylation sites (tertiary alicyclic amines) is 1. The number of amides is 1. The Hall–Kier alpha value is -3.84. The zero-order chi connectivity index (χ0) is 26.5. The molecule has 1 aliphatic rings. The maximum atomic E-state index is 13.0. The Kier molecular flexibility index (Phi) is 7.94. The van der Waals surface area contributed by atoms with Crippen molar-refractivity contribution in [1.29, 1.82) is 0 Å². The number of ether oxygens (including phenoxy) is 1. The average molecular weight is 513 g/mol. The lowest BCUT2D eigenvalue weighted by molar-refractivity contribution is 0.0567. The molecule has 0 bridgehead atoms. The Bertz CT molecular complexity index is 1360. The van der Waals surface area contributed by atoms with Crippen LogP contribution < -0.4 is 5.69 Å². The number of imidazole rings is 1. The average Bonchev–Trinajstić information content (AvgIpc) is 3.22. The predicted molar refractivity (Wildman–Crippen MR) is 150 cm³/mol. The van der Waals surface area contributed by atoms with Crippen molar-refractivity contribution in [3.05, 3.63) is 107 Å². The zero-order valence-electron chi connectivity index (χ0n) is 22.2. The first-order valence-corrected chi connectivity index (χ1v) is 13.4. The first-order chi connectivity index (χ1) is 18.5. The van der Waals surface area contributed by atoms with Crippen LogP contribution in [0.2, 0.25) is 0 Å². The fourth-order valence-corrected chi connectivity index (χ4v) is 5.37. The summed E-state index contributed by atoms with van der Waals surface area (Å²) in [7, 11) is 1.81. The maximum Gasteiger partial charge on any atom is 0.409 e. The highest BCUT2D eigenvalue weighted by molar-refractivity contribution is 5.76. The first-order valence-electron chi connectivity index (χ1n) is 13.4. The highest BCUT2D eigenvalue weighted by atomic mass is 16.6. The SMILES string of the molecule is C[C@@H](COC(=O)N1CCC(n2c(=O)n(C)c3ccccc32)CC1)N(Cc1ccccc1)Cc1ccccc1. The van der Waals surface area contributed by atoms with Crippen molar-refractivity contribution in [2.75, 3.05) is 19.7 Å². The molecule has 7 heteroatoms. The predicted octanol–water partition coefficient (Wildman–Crippen LogP) is 5.20. The minimum atomic E-state index is -0.278. The van der Waals surface area contributed by atoms with E-state index in [1.807, 2.05) is 48.0 Å². The standard InChI is InChI=1S/C31H36N4O3/c1-24(34(21-25-11-5-3-6-12-25)22-26-13-7-4-8-14-26)23-38-31(37)33-19-17-27(18-20-33)35-29-16-10-9-15-28(29)32(2)30(35)36/h3-16,24,27H,17-23H2,1-2H3/t24-/m0/s1. The molecule has 0 N–H and O–H groups in total. The fraction of sp³-hybridized carbons (Fsp3) is 0.355.